The largest absolute Gasteiger partial charge is 0.456 e. The predicted molar refractivity (Wildman–Crippen MR) is 113 cm³/mol. The quantitative estimate of drug-likeness (QED) is 0.440. The topological polar surface area (TPSA) is 95.6 Å². The normalized spacial score (nSPS) is 18.4. The van der Waals surface area contributed by atoms with Crippen molar-refractivity contribution in [2.45, 2.75) is 32.9 Å². The molecule has 1 atom stereocenters. The Morgan fingerprint density at radius 1 is 1.33 bits per heavy atom. The molecule has 1 aliphatic heterocycles. The first-order valence-electron chi connectivity index (χ1n) is 9.46. The number of carbonyl (C=O) groups excluding carboxylic acids is 1. The number of carbonyl (C=O) groups is 1. The van der Waals surface area contributed by atoms with Crippen molar-refractivity contribution < 1.29 is 17.9 Å². The van der Waals surface area contributed by atoms with Crippen LogP contribution in [0.3, 0.4) is 0 Å². The average molecular weight is 449 g/mol. The summed E-state index contributed by atoms with van der Waals surface area (Å²) in [5.41, 5.74) is 3.72. The molecule has 0 N–H and O–H groups in total. The highest BCUT2D eigenvalue weighted by Gasteiger charge is 2.31. The van der Waals surface area contributed by atoms with Crippen molar-refractivity contribution >= 4 is 39.1 Å². The summed E-state index contributed by atoms with van der Waals surface area (Å²) in [5, 5.41) is 4.68. The maximum atomic E-state index is 12.1. The molecule has 0 spiro atoms. The Kier molecular flexibility index (Phi) is 5.42. The minimum atomic E-state index is -3.05. The first-order valence-corrected chi connectivity index (χ1v) is 11.7. The molecule has 0 amide bonds. The van der Waals surface area contributed by atoms with E-state index in [2.05, 4.69) is 10.1 Å². The lowest BCUT2D eigenvalue weighted by Crippen LogP contribution is -2.12. The van der Waals surface area contributed by atoms with Gasteiger partial charge < -0.3 is 9.14 Å². The number of imidazole rings is 1. The molecule has 0 radical (unpaired) electrons. The summed E-state index contributed by atoms with van der Waals surface area (Å²) in [7, 11) is -3.05. The molecule has 30 heavy (non-hydrogen) atoms. The Morgan fingerprint density at radius 2 is 2.13 bits per heavy atom. The highest BCUT2D eigenvalue weighted by atomic mass is 35.5. The molecule has 158 valence electrons. The third-order valence-corrected chi connectivity index (χ3v) is 7.15. The second-order valence-electron chi connectivity index (χ2n) is 7.44. The smallest absolute Gasteiger partial charge is 0.331 e. The summed E-state index contributed by atoms with van der Waals surface area (Å²) in [5.74, 6) is -0.375. The van der Waals surface area contributed by atoms with Crippen LogP contribution in [0.25, 0.3) is 11.7 Å². The summed E-state index contributed by atoms with van der Waals surface area (Å²) in [6, 6.07) is 3.58. The van der Waals surface area contributed by atoms with Gasteiger partial charge in [-0.1, -0.05) is 17.7 Å². The van der Waals surface area contributed by atoms with Crippen molar-refractivity contribution in [3.8, 4) is 0 Å². The van der Waals surface area contributed by atoms with Gasteiger partial charge in [0.1, 0.15) is 17.4 Å². The molecule has 8 nitrogen and oxygen atoms in total. The van der Waals surface area contributed by atoms with Gasteiger partial charge in [0.2, 0.25) is 0 Å². The molecule has 0 aromatic carbocycles. The number of aryl methyl sites for hydroxylation is 2. The summed E-state index contributed by atoms with van der Waals surface area (Å²) in [6.07, 6.45) is 7.07. The van der Waals surface area contributed by atoms with Crippen LogP contribution in [0.1, 0.15) is 35.0 Å². The van der Waals surface area contributed by atoms with E-state index in [1.807, 2.05) is 35.9 Å². The second-order valence-corrected chi connectivity index (χ2v) is 10.0. The first-order chi connectivity index (χ1) is 14.2. The Labute approximate surface area is 179 Å². The molecule has 10 heteroatoms. The third kappa shape index (κ3) is 4.27. The van der Waals surface area contributed by atoms with Crippen molar-refractivity contribution in [3.05, 3.63) is 58.3 Å². The number of hydrogen-bond donors (Lipinski definition) is 0. The zero-order chi connectivity index (χ0) is 21.5. The standard InChI is InChI=1S/C20H21ClN4O4S/c1-13-3-5-18-22-15(10-24(18)9-13)11-29-19(26)6-4-17-14(2)23-25(20(17)21)16-7-8-30(27,28)12-16/h3-6,9-10,16H,7-8,11-12H2,1-2H3/b6-4+/t16-/m1/s1. The molecule has 4 rings (SSSR count). The monoisotopic (exact) mass is 448 g/mol. The lowest BCUT2D eigenvalue weighted by atomic mass is 10.2. The summed E-state index contributed by atoms with van der Waals surface area (Å²) < 4.78 is 32.1. The number of ether oxygens (including phenoxy) is 1. The van der Waals surface area contributed by atoms with Gasteiger partial charge in [-0.2, -0.15) is 5.10 Å². The molecule has 1 saturated heterocycles. The number of sulfone groups is 1. The van der Waals surface area contributed by atoms with Crippen LogP contribution in [0.4, 0.5) is 0 Å². The van der Waals surface area contributed by atoms with E-state index in [-0.39, 0.29) is 24.2 Å². The van der Waals surface area contributed by atoms with Crippen LogP contribution in [0.15, 0.2) is 30.6 Å². The lowest BCUT2D eigenvalue weighted by molar-refractivity contribution is -0.139. The fourth-order valence-electron chi connectivity index (χ4n) is 3.50. The van der Waals surface area contributed by atoms with E-state index in [0.29, 0.717) is 28.5 Å². The minimum absolute atomic E-state index is 0.0254. The molecule has 3 aromatic heterocycles. The highest BCUT2D eigenvalue weighted by molar-refractivity contribution is 7.91. The molecule has 0 saturated carbocycles. The predicted octanol–water partition coefficient (Wildman–Crippen LogP) is 2.92. The molecule has 0 unspecified atom stereocenters. The lowest BCUT2D eigenvalue weighted by Gasteiger charge is -2.09. The molecule has 1 fully saturated rings. The number of halogens is 1. The van der Waals surface area contributed by atoms with Gasteiger partial charge in [0.25, 0.3) is 0 Å². The van der Waals surface area contributed by atoms with Gasteiger partial charge >= 0.3 is 5.97 Å². The fraction of sp³-hybridized carbons (Fsp3) is 0.350. The summed E-state index contributed by atoms with van der Waals surface area (Å²) >= 11 is 6.41. The number of fused-ring (bicyclic) bond motifs is 1. The molecule has 4 heterocycles. The Morgan fingerprint density at radius 3 is 2.87 bits per heavy atom. The average Bonchev–Trinajstić information content (AvgIpc) is 3.33. The van der Waals surface area contributed by atoms with E-state index in [1.54, 1.807) is 13.0 Å². The third-order valence-electron chi connectivity index (χ3n) is 5.02. The highest BCUT2D eigenvalue weighted by Crippen LogP contribution is 2.30. The van der Waals surface area contributed by atoms with Gasteiger partial charge in [0.05, 0.1) is 28.9 Å². The molecule has 1 aliphatic rings. The van der Waals surface area contributed by atoms with E-state index in [9.17, 15) is 13.2 Å². The van der Waals surface area contributed by atoms with E-state index in [1.165, 1.54) is 10.8 Å². The van der Waals surface area contributed by atoms with Crippen LogP contribution in [-0.2, 0) is 26.0 Å². The van der Waals surface area contributed by atoms with E-state index in [4.69, 9.17) is 16.3 Å². The minimum Gasteiger partial charge on any atom is -0.456 e. The summed E-state index contributed by atoms with van der Waals surface area (Å²) in [4.78, 5) is 16.5. The van der Waals surface area contributed by atoms with Crippen molar-refractivity contribution in [1.29, 1.82) is 0 Å². The van der Waals surface area contributed by atoms with E-state index < -0.39 is 15.8 Å². The number of rotatable bonds is 5. The zero-order valence-electron chi connectivity index (χ0n) is 16.6. The number of pyridine rings is 1. The van der Waals surface area contributed by atoms with Crippen molar-refractivity contribution in [2.24, 2.45) is 0 Å². The van der Waals surface area contributed by atoms with Crippen LogP contribution in [0, 0.1) is 13.8 Å². The van der Waals surface area contributed by atoms with Gasteiger partial charge in [-0.3, -0.25) is 0 Å². The molecular formula is C20H21ClN4O4S. The van der Waals surface area contributed by atoms with Crippen molar-refractivity contribution in [1.82, 2.24) is 19.2 Å². The molecule has 0 aliphatic carbocycles. The van der Waals surface area contributed by atoms with Gasteiger partial charge in [-0.05, 0) is 38.0 Å². The van der Waals surface area contributed by atoms with Gasteiger partial charge in [0, 0.05) is 24.0 Å². The maximum absolute atomic E-state index is 12.1. The van der Waals surface area contributed by atoms with Crippen molar-refractivity contribution in [2.75, 3.05) is 11.5 Å². The first kappa shape index (κ1) is 20.6. The Bertz CT molecular complexity index is 1260. The molecule has 0 bridgehead atoms. The van der Waals surface area contributed by atoms with E-state index in [0.717, 1.165) is 11.2 Å². The molecular weight excluding hydrogens is 428 g/mol. The van der Waals surface area contributed by atoms with Crippen LogP contribution >= 0.6 is 11.6 Å². The summed E-state index contributed by atoms with van der Waals surface area (Å²) in [6.45, 7) is 3.80. The Balaban J connectivity index is 1.42. The van der Waals surface area contributed by atoms with Crippen LogP contribution in [-0.4, -0.2) is 45.1 Å². The number of hydrogen-bond acceptors (Lipinski definition) is 6. The second kappa shape index (κ2) is 7.88. The molecule has 3 aromatic rings. The number of nitrogens with zero attached hydrogens (tertiary/aromatic N) is 4. The van der Waals surface area contributed by atoms with Crippen LogP contribution < -0.4 is 0 Å². The van der Waals surface area contributed by atoms with Crippen LogP contribution in [0.2, 0.25) is 5.15 Å². The number of esters is 1. The Hall–Kier alpha value is -2.65. The van der Waals surface area contributed by atoms with Gasteiger partial charge in [0.15, 0.2) is 9.84 Å². The fourth-order valence-corrected chi connectivity index (χ4v) is 5.57. The van der Waals surface area contributed by atoms with Crippen LogP contribution in [0.5, 0.6) is 0 Å². The van der Waals surface area contributed by atoms with Gasteiger partial charge in [-0.25, -0.2) is 22.9 Å². The van der Waals surface area contributed by atoms with Gasteiger partial charge in [-0.15, -0.1) is 0 Å². The van der Waals surface area contributed by atoms with E-state index >= 15 is 0 Å². The zero-order valence-corrected chi connectivity index (χ0v) is 18.2. The number of aromatic nitrogens is 4. The van der Waals surface area contributed by atoms with Crippen molar-refractivity contribution in [3.63, 3.8) is 0 Å². The maximum Gasteiger partial charge on any atom is 0.331 e. The SMILES string of the molecule is Cc1ccc2nc(COC(=O)/C=C/c3c(C)nn([C@@H]4CCS(=O)(=O)C4)c3Cl)cn2c1.